The largest absolute Gasteiger partial charge is 0.507 e. The van der Waals surface area contributed by atoms with Crippen molar-refractivity contribution in [2.24, 2.45) is 5.16 Å². The molecule has 0 aliphatic heterocycles. The zero-order valence-electron chi connectivity index (χ0n) is 10.2. The maximum Gasteiger partial charge on any atom is 0.128 e. The quantitative estimate of drug-likeness (QED) is 0.374. The van der Waals surface area contributed by atoms with Crippen LogP contribution < -0.4 is 0 Å². The monoisotopic (exact) mass is 241 g/mol. The Morgan fingerprint density at radius 3 is 2.78 bits per heavy atom. The Balaban J connectivity index is 2.83. The number of rotatable bonds is 3. The van der Waals surface area contributed by atoms with E-state index in [9.17, 15) is 5.11 Å². The molecule has 0 fully saturated rings. The molecule has 0 heterocycles. The van der Waals surface area contributed by atoms with Crippen molar-refractivity contribution in [1.29, 1.82) is 0 Å². The lowest BCUT2D eigenvalue weighted by Crippen LogP contribution is -1.99. The van der Waals surface area contributed by atoms with Crippen molar-refractivity contribution >= 4 is 16.5 Å². The van der Waals surface area contributed by atoms with Crippen molar-refractivity contribution in [3.05, 3.63) is 54.1 Å². The van der Waals surface area contributed by atoms with E-state index in [0.717, 1.165) is 16.3 Å². The van der Waals surface area contributed by atoms with Gasteiger partial charge in [0, 0.05) is 11.1 Å². The van der Waals surface area contributed by atoms with Crippen LogP contribution in [-0.4, -0.2) is 16.0 Å². The van der Waals surface area contributed by atoms with Crippen LogP contribution in [0.4, 0.5) is 0 Å². The van der Waals surface area contributed by atoms with Crippen LogP contribution in [-0.2, 0) is 6.42 Å². The minimum atomic E-state index is 0.156. The Bertz CT molecular complexity index is 630. The van der Waals surface area contributed by atoms with Crippen molar-refractivity contribution in [2.75, 3.05) is 0 Å². The normalized spacial score (nSPS) is 11.7. The fraction of sp³-hybridized carbons (Fsp3) is 0.133. The first kappa shape index (κ1) is 12.2. The van der Waals surface area contributed by atoms with Gasteiger partial charge in [-0.2, -0.15) is 0 Å². The van der Waals surface area contributed by atoms with Gasteiger partial charge in [0.2, 0.25) is 0 Å². The third kappa shape index (κ3) is 1.95. The van der Waals surface area contributed by atoms with E-state index in [4.69, 9.17) is 5.21 Å². The number of hydrogen-bond donors (Lipinski definition) is 2. The average Bonchev–Trinajstić information content (AvgIpc) is 2.41. The molecule has 18 heavy (non-hydrogen) atoms. The van der Waals surface area contributed by atoms with Gasteiger partial charge < -0.3 is 10.3 Å². The molecular weight excluding hydrogens is 226 g/mol. The summed E-state index contributed by atoms with van der Waals surface area (Å²) in [5.41, 5.74) is 1.75. The summed E-state index contributed by atoms with van der Waals surface area (Å²) in [5.74, 6) is 0.156. The summed E-state index contributed by atoms with van der Waals surface area (Å²) in [4.78, 5) is 0. The van der Waals surface area contributed by atoms with Gasteiger partial charge in [-0.3, -0.25) is 0 Å². The summed E-state index contributed by atoms with van der Waals surface area (Å²) in [6.45, 7) is 5.36. The molecule has 92 valence electrons. The van der Waals surface area contributed by atoms with Gasteiger partial charge >= 0.3 is 0 Å². The summed E-state index contributed by atoms with van der Waals surface area (Å²) < 4.78 is 0. The van der Waals surface area contributed by atoms with Crippen LogP contribution in [0.15, 0.2) is 48.1 Å². The lowest BCUT2D eigenvalue weighted by molar-refractivity contribution is 0.318. The van der Waals surface area contributed by atoms with Crippen LogP contribution in [0.1, 0.15) is 18.1 Å². The highest BCUT2D eigenvalue weighted by Gasteiger charge is 2.13. The minimum Gasteiger partial charge on any atom is -0.507 e. The maximum atomic E-state index is 10.3. The fourth-order valence-corrected chi connectivity index (χ4v) is 2.09. The van der Waals surface area contributed by atoms with Gasteiger partial charge in [0.05, 0.1) is 5.71 Å². The van der Waals surface area contributed by atoms with Crippen LogP contribution in [0.5, 0.6) is 5.75 Å². The molecule has 0 saturated carbocycles. The molecule has 0 aliphatic rings. The molecule has 0 bridgehead atoms. The standard InChI is InChI=1S/C15H15NO2/c1-3-6-13-12-8-5-4-7-11(12)9-14(15(13)17)10(2)16-18/h3-5,7-9,17-18H,1,6H2,2H3/b16-10+. The number of fused-ring (bicyclic) bond motifs is 1. The summed E-state index contributed by atoms with van der Waals surface area (Å²) in [6, 6.07) is 9.62. The van der Waals surface area contributed by atoms with Crippen molar-refractivity contribution in [1.82, 2.24) is 0 Å². The Morgan fingerprint density at radius 2 is 2.11 bits per heavy atom. The van der Waals surface area contributed by atoms with Crippen molar-refractivity contribution in [2.45, 2.75) is 13.3 Å². The number of aromatic hydroxyl groups is 1. The number of phenols is 1. The molecule has 2 N–H and O–H groups in total. The van der Waals surface area contributed by atoms with E-state index in [1.54, 1.807) is 13.0 Å². The van der Waals surface area contributed by atoms with Crippen LogP contribution >= 0.6 is 0 Å². The Kier molecular flexibility index (Phi) is 3.33. The second-order valence-electron chi connectivity index (χ2n) is 4.15. The van der Waals surface area contributed by atoms with Crippen LogP contribution in [0.2, 0.25) is 0 Å². The molecule has 0 spiro atoms. The van der Waals surface area contributed by atoms with E-state index in [1.165, 1.54) is 0 Å². The highest BCUT2D eigenvalue weighted by molar-refractivity contribution is 6.05. The molecular formula is C15H15NO2. The Hall–Kier alpha value is -2.29. The van der Waals surface area contributed by atoms with E-state index in [-0.39, 0.29) is 5.75 Å². The molecule has 0 radical (unpaired) electrons. The van der Waals surface area contributed by atoms with Crippen molar-refractivity contribution in [3.8, 4) is 5.75 Å². The molecule has 2 aromatic rings. The van der Waals surface area contributed by atoms with Crippen molar-refractivity contribution in [3.63, 3.8) is 0 Å². The first-order valence-electron chi connectivity index (χ1n) is 5.72. The average molecular weight is 241 g/mol. The Labute approximate surface area is 106 Å². The second kappa shape index (κ2) is 4.92. The van der Waals surface area contributed by atoms with Gasteiger partial charge in [0.25, 0.3) is 0 Å². The second-order valence-corrected chi connectivity index (χ2v) is 4.15. The number of hydrogen-bond acceptors (Lipinski definition) is 3. The zero-order chi connectivity index (χ0) is 13.1. The smallest absolute Gasteiger partial charge is 0.128 e. The summed E-state index contributed by atoms with van der Waals surface area (Å²) in [6.07, 6.45) is 2.32. The highest BCUT2D eigenvalue weighted by atomic mass is 16.4. The summed E-state index contributed by atoms with van der Waals surface area (Å²) in [5, 5.41) is 24.3. The molecule has 3 nitrogen and oxygen atoms in total. The molecule has 2 aromatic carbocycles. The molecule has 0 aliphatic carbocycles. The van der Waals surface area contributed by atoms with Crippen LogP contribution in [0.25, 0.3) is 10.8 Å². The van der Waals surface area contributed by atoms with Gasteiger partial charge in [0.1, 0.15) is 5.75 Å². The van der Waals surface area contributed by atoms with Gasteiger partial charge in [-0.05, 0) is 30.2 Å². The lowest BCUT2D eigenvalue weighted by Gasteiger charge is -2.12. The third-order valence-electron chi connectivity index (χ3n) is 3.01. The first-order valence-corrected chi connectivity index (χ1v) is 5.72. The highest BCUT2D eigenvalue weighted by Crippen LogP contribution is 2.32. The topological polar surface area (TPSA) is 52.8 Å². The van der Waals surface area contributed by atoms with E-state index >= 15 is 0 Å². The number of allylic oxidation sites excluding steroid dienone is 1. The predicted molar refractivity (Wildman–Crippen MR) is 73.5 cm³/mol. The predicted octanol–water partition coefficient (Wildman–Crippen LogP) is 3.47. The minimum absolute atomic E-state index is 0.156. The molecule has 3 heteroatoms. The SMILES string of the molecule is C=CCc1c(O)c(/C(C)=N/O)cc2ccccc12. The summed E-state index contributed by atoms with van der Waals surface area (Å²) in [7, 11) is 0. The first-order chi connectivity index (χ1) is 8.69. The van der Waals surface area contributed by atoms with E-state index < -0.39 is 0 Å². The fourth-order valence-electron chi connectivity index (χ4n) is 2.09. The number of nitrogens with zero attached hydrogens (tertiary/aromatic N) is 1. The number of oxime groups is 1. The van der Waals surface area contributed by atoms with Gasteiger partial charge in [-0.15, -0.1) is 6.58 Å². The molecule has 2 rings (SSSR count). The third-order valence-corrected chi connectivity index (χ3v) is 3.01. The summed E-state index contributed by atoms with van der Waals surface area (Å²) >= 11 is 0. The van der Waals surface area contributed by atoms with Gasteiger partial charge in [0.15, 0.2) is 0 Å². The molecule has 0 unspecified atom stereocenters. The van der Waals surface area contributed by atoms with Crippen molar-refractivity contribution < 1.29 is 10.3 Å². The number of phenolic OH excluding ortho intramolecular Hbond substituents is 1. The maximum absolute atomic E-state index is 10.3. The van der Waals surface area contributed by atoms with E-state index in [1.807, 2.05) is 30.3 Å². The van der Waals surface area contributed by atoms with Crippen LogP contribution in [0.3, 0.4) is 0 Å². The molecule has 0 aromatic heterocycles. The zero-order valence-corrected chi connectivity index (χ0v) is 10.2. The molecule has 0 amide bonds. The van der Waals surface area contributed by atoms with Gasteiger partial charge in [-0.1, -0.05) is 35.5 Å². The molecule has 0 atom stereocenters. The number of benzene rings is 2. The van der Waals surface area contributed by atoms with Gasteiger partial charge in [-0.25, -0.2) is 0 Å². The lowest BCUT2D eigenvalue weighted by atomic mass is 9.95. The Morgan fingerprint density at radius 1 is 1.39 bits per heavy atom. The molecule has 0 saturated heterocycles. The van der Waals surface area contributed by atoms with Crippen LogP contribution in [0, 0.1) is 0 Å². The van der Waals surface area contributed by atoms with E-state index in [0.29, 0.717) is 17.7 Å². The van der Waals surface area contributed by atoms with E-state index in [2.05, 4.69) is 11.7 Å².